The van der Waals surface area contributed by atoms with Crippen molar-refractivity contribution in [1.82, 2.24) is 10.2 Å². The summed E-state index contributed by atoms with van der Waals surface area (Å²) in [5, 5.41) is 2.88. The van der Waals surface area contributed by atoms with Crippen LogP contribution in [0.25, 0.3) is 0 Å². The number of hydrogen-bond donors (Lipinski definition) is 1. The highest BCUT2D eigenvalue weighted by Gasteiger charge is 2.31. The number of nitrogens with one attached hydrogen (secondary N) is 1. The van der Waals surface area contributed by atoms with Gasteiger partial charge in [-0.05, 0) is 13.3 Å². The molecular weight excluding hydrogens is 236 g/mol. The fourth-order valence-electron chi connectivity index (χ4n) is 1.79. The standard InChI is InChI=1S/C12H22N2O4/c1-4-9(2)13-11(15)7-14-5-6-18-8-10(14)12(16)17-3/h9-10H,4-8H2,1-3H3,(H,13,15). The molecule has 1 saturated heterocycles. The molecule has 1 fully saturated rings. The van der Waals surface area contributed by atoms with Gasteiger partial charge in [0.1, 0.15) is 6.04 Å². The fourth-order valence-corrected chi connectivity index (χ4v) is 1.79. The molecule has 0 aliphatic carbocycles. The van der Waals surface area contributed by atoms with Crippen molar-refractivity contribution in [3.63, 3.8) is 0 Å². The van der Waals surface area contributed by atoms with Crippen LogP contribution in [0.1, 0.15) is 20.3 Å². The first-order chi connectivity index (χ1) is 8.58. The maximum atomic E-state index is 11.8. The molecule has 2 unspecified atom stereocenters. The number of carbonyl (C=O) groups is 2. The molecule has 1 aliphatic rings. The maximum Gasteiger partial charge on any atom is 0.325 e. The van der Waals surface area contributed by atoms with E-state index in [1.807, 2.05) is 13.8 Å². The second kappa shape index (κ2) is 7.33. The van der Waals surface area contributed by atoms with Crippen molar-refractivity contribution >= 4 is 11.9 Å². The Bertz CT molecular complexity index is 296. The summed E-state index contributed by atoms with van der Waals surface area (Å²) in [5.74, 6) is -0.425. The molecule has 0 radical (unpaired) electrons. The van der Waals surface area contributed by atoms with Crippen LogP contribution in [0.2, 0.25) is 0 Å². The predicted octanol–water partition coefficient (Wildman–Crippen LogP) is -0.225. The highest BCUT2D eigenvalue weighted by Crippen LogP contribution is 2.08. The summed E-state index contributed by atoms with van der Waals surface area (Å²) in [6, 6.07) is -0.332. The van der Waals surface area contributed by atoms with Crippen molar-refractivity contribution in [2.45, 2.75) is 32.4 Å². The molecule has 18 heavy (non-hydrogen) atoms. The Morgan fingerprint density at radius 3 is 2.89 bits per heavy atom. The predicted molar refractivity (Wildman–Crippen MR) is 66.1 cm³/mol. The fraction of sp³-hybridized carbons (Fsp3) is 0.833. The van der Waals surface area contributed by atoms with Crippen molar-refractivity contribution in [3.05, 3.63) is 0 Å². The second-order valence-corrected chi connectivity index (χ2v) is 4.46. The number of morpholine rings is 1. The summed E-state index contributed by atoms with van der Waals surface area (Å²) in [5.41, 5.74) is 0. The molecule has 0 aromatic rings. The first-order valence-electron chi connectivity index (χ1n) is 6.27. The Balaban J connectivity index is 2.51. The molecule has 1 rings (SSSR count). The van der Waals surface area contributed by atoms with Crippen LogP contribution in [0.4, 0.5) is 0 Å². The van der Waals surface area contributed by atoms with Crippen LogP contribution in [0, 0.1) is 0 Å². The molecule has 1 heterocycles. The van der Waals surface area contributed by atoms with Gasteiger partial charge in [-0.3, -0.25) is 14.5 Å². The van der Waals surface area contributed by atoms with Crippen LogP contribution in [-0.4, -0.2) is 62.3 Å². The maximum absolute atomic E-state index is 11.8. The largest absolute Gasteiger partial charge is 0.468 e. The molecule has 0 bridgehead atoms. The zero-order valence-corrected chi connectivity index (χ0v) is 11.3. The minimum atomic E-state index is -0.480. The average Bonchev–Trinajstić information content (AvgIpc) is 2.38. The first-order valence-corrected chi connectivity index (χ1v) is 6.27. The van der Waals surface area contributed by atoms with E-state index in [9.17, 15) is 9.59 Å². The van der Waals surface area contributed by atoms with Crippen LogP contribution in [0.5, 0.6) is 0 Å². The Labute approximate surface area is 108 Å². The SMILES string of the molecule is CCC(C)NC(=O)CN1CCOCC1C(=O)OC. The van der Waals surface area contributed by atoms with E-state index in [0.717, 1.165) is 6.42 Å². The highest BCUT2D eigenvalue weighted by atomic mass is 16.5. The summed E-state index contributed by atoms with van der Waals surface area (Å²) < 4.78 is 9.96. The molecule has 6 heteroatoms. The Hall–Kier alpha value is -1.14. The number of carbonyl (C=O) groups excluding carboxylic acids is 2. The van der Waals surface area contributed by atoms with E-state index in [2.05, 4.69) is 5.32 Å². The van der Waals surface area contributed by atoms with E-state index in [0.29, 0.717) is 13.2 Å². The minimum Gasteiger partial charge on any atom is -0.468 e. The van der Waals surface area contributed by atoms with Gasteiger partial charge < -0.3 is 14.8 Å². The lowest BCUT2D eigenvalue weighted by Gasteiger charge is -2.33. The molecular formula is C12H22N2O4. The van der Waals surface area contributed by atoms with Crippen LogP contribution in [0.3, 0.4) is 0 Å². The summed E-state index contributed by atoms with van der Waals surface area (Å²) in [7, 11) is 1.34. The summed E-state index contributed by atoms with van der Waals surface area (Å²) in [4.78, 5) is 25.2. The van der Waals surface area contributed by atoms with Crippen LogP contribution >= 0.6 is 0 Å². The van der Waals surface area contributed by atoms with Crippen molar-refractivity contribution in [2.75, 3.05) is 33.4 Å². The number of methoxy groups -OCH3 is 1. The Morgan fingerprint density at radius 2 is 2.28 bits per heavy atom. The molecule has 1 amide bonds. The van der Waals surface area contributed by atoms with Crippen LogP contribution < -0.4 is 5.32 Å². The van der Waals surface area contributed by atoms with Gasteiger partial charge in [0, 0.05) is 12.6 Å². The van der Waals surface area contributed by atoms with Gasteiger partial charge in [-0.25, -0.2) is 0 Å². The second-order valence-electron chi connectivity index (χ2n) is 4.46. The third-order valence-electron chi connectivity index (χ3n) is 3.08. The zero-order chi connectivity index (χ0) is 13.5. The quantitative estimate of drug-likeness (QED) is 0.690. The van der Waals surface area contributed by atoms with E-state index in [1.165, 1.54) is 7.11 Å². The molecule has 2 atom stereocenters. The van der Waals surface area contributed by atoms with E-state index in [-0.39, 0.29) is 31.1 Å². The molecule has 0 aromatic heterocycles. The number of esters is 1. The van der Waals surface area contributed by atoms with Crippen molar-refractivity contribution in [1.29, 1.82) is 0 Å². The van der Waals surface area contributed by atoms with Gasteiger partial charge in [0.15, 0.2) is 0 Å². The van der Waals surface area contributed by atoms with E-state index in [4.69, 9.17) is 9.47 Å². The van der Waals surface area contributed by atoms with Crippen molar-refractivity contribution in [3.8, 4) is 0 Å². The minimum absolute atomic E-state index is 0.0693. The average molecular weight is 258 g/mol. The van der Waals surface area contributed by atoms with Crippen LogP contribution in [-0.2, 0) is 19.1 Å². The normalized spacial score (nSPS) is 22.3. The van der Waals surface area contributed by atoms with E-state index >= 15 is 0 Å². The van der Waals surface area contributed by atoms with Crippen molar-refractivity contribution in [2.24, 2.45) is 0 Å². The van der Waals surface area contributed by atoms with E-state index < -0.39 is 6.04 Å². The lowest BCUT2D eigenvalue weighted by Crippen LogP contribution is -2.54. The molecule has 0 spiro atoms. The number of rotatable bonds is 5. The summed E-state index contributed by atoms with van der Waals surface area (Å²) in [6.45, 7) is 5.54. The molecule has 1 N–H and O–H groups in total. The van der Waals surface area contributed by atoms with Crippen LogP contribution in [0.15, 0.2) is 0 Å². The Kier molecular flexibility index (Phi) is 6.07. The molecule has 104 valence electrons. The van der Waals surface area contributed by atoms with Gasteiger partial charge in [0.05, 0.1) is 26.9 Å². The Morgan fingerprint density at radius 1 is 1.56 bits per heavy atom. The number of ether oxygens (including phenoxy) is 2. The zero-order valence-electron chi connectivity index (χ0n) is 11.3. The monoisotopic (exact) mass is 258 g/mol. The molecule has 0 saturated carbocycles. The lowest BCUT2D eigenvalue weighted by atomic mass is 10.2. The smallest absolute Gasteiger partial charge is 0.325 e. The van der Waals surface area contributed by atoms with Gasteiger partial charge in [-0.15, -0.1) is 0 Å². The van der Waals surface area contributed by atoms with E-state index in [1.54, 1.807) is 4.90 Å². The van der Waals surface area contributed by atoms with Gasteiger partial charge in [0.25, 0.3) is 0 Å². The topological polar surface area (TPSA) is 67.9 Å². The summed E-state index contributed by atoms with van der Waals surface area (Å²) >= 11 is 0. The molecule has 0 aromatic carbocycles. The van der Waals surface area contributed by atoms with Crippen molar-refractivity contribution < 1.29 is 19.1 Å². The third-order valence-corrected chi connectivity index (χ3v) is 3.08. The third kappa shape index (κ3) is 4.27. The van der Waals surface area contributed by atoms with Gasteiger partial charge in [0.2, 0.25) is 5.91 Å². The number of amides is 1. The van der Waals surface area contributed by atoms with Gasteiger partial charge in [-0.1, -0.05) is 6.92 Å². The molecule has 6 nitrogen and oxygen atoms in total. The first kappa shape index (κ1) is 14.9. The summed E-state index contributed by atoms with van der Waals surface area (Å²) in [6.07, 6.45) is 0.884. The highest BCUT2D eigenvalue weighted by molar-refractivity contribution is 5.80. The number of hydrogen-bond acceptors (Lipinski definition) is 5. The molecule has 1 aliphatic heterocycles. The number of nitrogens with zero attached hydrogens (tertiary/aromatic N) is 1. The van der Waals surface area contributed by atoms with Gasteiger partial charge >= 0.3 is 5.97 Å². The lowest BCUT2D eigenvalue weighted by molar-refractivity contribution is -0.154. The van der Waals surface area contributed by atoms with Gasteiger partial charge in [-0.2, -0.15) is 0 Å².